The molecule has 3 N–H and O–H groups in total. The fourth-order valence-electron chi connectivity index (χ4n) is 2.97. The number of rotatable bonds is 9. The highest BCUT2D eigenvalue weighted by Gasteiger charge is 2.19. The van der Waals surface area contributed by atoms with Gasteiger partial charge in [-0.2, -0.15) is 0 Å². The Labute approximate surface area is 166 Å². The summed E-state index contributed by atoms with van der Waals surface area (Å²) in [6, 6.07) is 9.06. The smallest absolute Gasteiger partial charge is 0.321 e. The molecule has 1 aliphatic rings. The van der Waals surface area contributed by atoms with Gasteiger partial charge in [-0.05, 0) is 12.0 Å². The van der Waals surface area contributed by atoms with Gasteiger partial charge in [0.25, 0.3) is 0 Å². The maximum absolute atomic E-state index is 12.0. The monoisotopic (exact) mass is 389 g/mol. The van der Waals surface area contributed by atoms with Crippen molar-refractivity contribution < 1.29 is 14.4 Å². The predicted octanol–water partition coefficient (Wildman–Crippen LogP) is 0.546. The van der Waals surface area contributed by atoms with Crippen LogP contribution >= 0.6 is 0 Å². The van der Waals surface area contributed by atoms with Gasteiger partial charge in [0.2, 0.25) is 11.8 Å². The molecule has 0 unspecified atom stereocenters. The molecule has 8 nitrogen and oxygen atoms in total. The summed E-state index contributed by atoms with van der Waals surface area (Å²) < 4.78 is 0. The molecule has 28 heavy (non-hydrogen) atoms. The van der Waals surface area contributed by atoms with Crippen LogP contribution in [0.2, 0.25) is 0 Å². The number of carbonyl (C=O) groups excluding carboxylic acids is 3. The van der Waals surface area contributed by atoms with Crippen molar-refractivity contribution in [2.75, 3.05) is 45.8 Å². The van der Waals surface area contributed by atoms with Crippen LogP contribution in [-0.2, 0) is 16.1 Å². The van der Waals surface area contributed by atoms with Crippen LogP contribution in [-0.4, -0.2) is 73.5 Å². The normalized spacial score (nSPS) is 15.0. The molecular formula is C20H31N5O3. The average Bonchev–Trinajstić information content (AvgIpc) is 2.71. The maximum atomic E-state index is 12.0. The Morgan fingerprint density at radius 2 is 1.61 bits per heavy atom. The largest absolute Gasteiger partial charge is 0.355 e. The minimum Gasteiger partial charge on any atom is -0.355 e. The number of nitrogens with zero attached hydrogens (tertiary/aromatic N) is 2. The summed E-state index contributed by atoms with van der Waals surface area (Å²) in [6.07, 6.45) is 1.21. The fraction of sp³-hybridized carbons (Fsp3) is 0.550. The molecule has 0 radical (unpaired) electrons. The van der Waals surface area contributed by atoms with E-state index < -0.39 is 6.03 Å². The van der Waals surface area contributed by atoms with Crippen LogP contribution in [0.3, 0.4) is 0 Å². The van der Waals surface area contributed by atoms with Gasteiger partial charge in [-0.25, -0.2) is 4.79 Å². The van der Waals surface area contributed by atoms with Gasteiger partial charge in [-0.1, -0.05) is 37.3 Å². The Morgan fingerprint density at radius 1 is 0.929 bits per heavy atom. The molecule has 1 fully saturated rings. The van der Waals surface area contributed by atoms with E-state index in [-0.39, 0.29) is 18.2 Å². The van der Waals surface area contributed by atoms with Crippen LogP contribution in [0.15, 0.2) is 30.3 Å². The summed E-state index contributed by atoms with van der Waals surface area (Å²) >= 11 is 0. The Bertz CT molecular complexity index is 630. The van der Waals surface area contributed by atoms with Crippen LogP contribution in [0, 0.1) is 0 Å². The van der Waals surface area contributed by atoms with E-state index in [0.29, 0.717) is 26.2 Å². The summed E-state index contributed by atoms with van der Waals surface area (Å²) in [5.41, 5.74) is 0.978. The lowest BCUT2D eigenvalue weighted by Gasteiger charge is -2.34. The van der Waals surface area contributed by atoms with Gasteiger partial charge in [0.15, 0.2) is 0 Å². The molecule has 8 heteroatoms. The Balaban J connectivity index is 1.56. The first kappa shape index (κ1) is 21.8. The first-order chi connectivity index (χ1) is 13.6. The lowest BCUT2D eigenvalue weighted by Crippen LogP contribution is -2.50. The molecule has 0 aromatic heterocycles. The average molecular weight is 390 g/mol. The summed E-state index contributed by atoms with van der Waals surface area (Å²) in [4.78, 5) is 39.8. The summed E-state index contributed by atoms with van der Waals surface area (Å²) in [6.45, 7) is 7.40. The van der Waals surface area contributed by atoms with E-state index in [0.717, 1.165) is 38.2 Å². The SMILES string of the molecule is CCCNC(=O)CN1CCN(CCC(=O)NC(=O)NCc2ccccc2)CC1. The first-order valence-electron chi connectivity index (χ1n) is 9.90. The van der Waals surface area contributed by atoms with Gasteiger partial charge in [0.1, 0.15) is 0 Å². The quantitative estimate of drug-likeness (QED) is 0.573. The molecule has 1 aliphatic heterocycles. The minimum atomic E-state index is -0.475. The number of carbonyl (C=O) groups is 3. The predicted molar refractivity (Wildman–Crippen MR) is 108 cm³/mol. The van der Waals surface area contributed by atoms with Crippen molar-refractivity contribution in [1.82, 2.24) is 25.8 Å². The first-order valence-corrected chi connectivity index (χ1v) is 9.90. The Kier molecular flexibility index (Phi) is 9.44. The van der Waals surface area contributed by atoms with E-state index >= 15 is 0 Å². The Morgan fingerprint density at radius 3 is 2.29 bits per heavy atom. The number of imide groups is 1. The van der Waals surface area contributed by atoms with E-state index in [9.17, 15) is 14.4 Å². The zero-order valence-corrected chi connectivity index (χ0v) is 16.6. The molecule has 1 heterocycles. The highest BCUT2D eigenvalue weighted by molar-refractivity contribution is 5.94. The lowest BCUT2D eigenvalue weighted by atomic mass is 10.2. The molecule has 1 saturated heterocycles. The number of piperazine rings is 1. The van der Waals surface area contributed by atoms with E-state index in [1.165, 1.54) is 0 Å². The van der Waals surface area contributed by atoms with Crippen molar-refractivity contribution in [2.24, 2.45) is 0 Å². The number of nitrogens with one attached hydrogen (secondary N) is 3. The topological polar surface area (TPSA) is 93.8 Å². The third-order valence-corrected chi connectivity index (χ3v) is 4.61. The number of hydrogen-bond acceptors (Lipinski definition) is 5. The van der Waals surface area contributed by atoms with Crippen molar-refractivity contribution in [3.05, 3.63) is 35.9 Å². The highest BCUT2D eigenvalue weighted by Crippen LogP contribution is 2.02. The second-order valence-electron chi connectivity index (χ2n) is 6.93. The van der Waals surface area contributed by atoms with Crippen LogP contribution in [0.1, 0.15) is 25.3 Å². The molecule has 1 aromatic carbocycles. The van der Waals surface area contributed by atoms with E-state index in [1.807, 2.05) is 37.3 Å². The van der Waals surface area contributed by atoms with Gasteiger partial charge in [-0.3, -0.25) is 19.8 Å². The molecule has 0 spiro atoms. The summed E-state index contributed by atoms with van der Waals surface area (Å²) in [5.74, 6) is -0.219. The van der Waals surface area contributed by atoms with Crippen molar-refractivity contribution in [3.63, 3.8) is 0 Å². The second-order valence-corrected chi connectivity index (χ2v) is 6.93. The van der Waals surface area contributed by atoms with Crippen molar-refractivity contribution in [2.45, 2.75) is 26.3 Å². The zero-order chi connectivity index (χ0) is 20.2. The van der Waals surface area contributed by atoms with Crippen LogP contribution in [0.4, 0.5) is 4.79 Å². The van der Waals surface area contributed by atoms with Gasteiger partial charge in [0, 0.05) is 52.2 Å². The minimum absolute atomic E-state index is 0.0659. The summed E-state index contributed by atoms with van der Waals surface area (Å²) in [5, 5.41) is 7.93. The molecule has 154 valence electrons. The van der Waals surface area contributed by atoms with Gasteiger partial charge >= 0.3 is 6.03 Å². The van der Waals surface area contributed by atoms with Gasteiger partial charge in [0.05, 0.1) is 6.54 Å². The van der Waals surface area contributed by atoms with Crippen molar-refractivity contribution >= 4 is 17.8 Å². The van der Waals surface area contributed by atoms with Crippen molar-refractivity contribution in [1.29, 1.82) is 0 Å². The van der Waals surface area contributed by atoms with E-state index in [4.69, 9.17) is 0 Å². The molecule has 0 aliphatic carbocycles. The summed E-state index contributed by atoms with van der Waals surface area (Å²) in [7, 11) is 0. The number of benzene rings is 1. The fourth-order valence-corrected chi connectivity index (χ4v) is 2.97. The lowest BCUT2D eigenvalue weighted by molar-refractivity contribution is -0.122. The molecular weight excluding hydrogens is 358 g/mol. The van der Waals surface area contributed by atoms with Gasteiger partial charge < -0.3 is 15.5 Å². The third kappa shape index (κ3) is 8.49. The second kappa shape index (κ2) is 12.1. The molecule has 2 rings (SSSR count). The molecule has 1 aromatic rings. The number of urea groups is 1. The van der Waals surface area contributed by atoms with Crippen LogP contribution in [0.25, 0.3) is 0 Å². The highest BCUT2D eigenvalue weighted by atomic mass is 16.2. The van der Waals surface area contributed by atoms with Crippen LogP contribution < -0.4 is 16.0 Å². The Hall–Kier alpha value is -2.45. The third-order valence-electron chi connectivity index (χ3n) is 4.61. The van der Waals surface area contributed by atoms with Crippen LogP contribution in [0.5, 0.6) is 0 Å². The standard InChI is InChI=1S/C20H31N5O3/c1-2-9-21-19(27)16-25-13-11-24(12-14-25)10-8-18(26)23-20(28)22-15-17-6-4-3-5-7-17/h3-7H,2,8-16H2,1H3,(H,21,27)(H2,22,23,26,28). The number of hydrogen-bond donors (Lipinski definition) is 3. The van der Waals surface area contributed by atoms with Crippen molar-refractivity contribution in [3.8, 4) is 0 Å². The molecule has 0 bridgehead atoms. The maximum Gasteiger partial charge on any atom is 0.321 e. The van der Waals surface area contributed by atoms with Gasteiger partial charge in [-0.15, -0.1) is 0 Å². The van der Waals surface area contributed by atoms with E-state index in [1.54, 1.807) is 0 Å². The molecule has 0 atom stereocenters. The zero-order valence-electron chi connectivity index (χ0n) is 16.6. The molecule has 4 amide bonds. The molecule has 0 saturated carbocycles. The van der Waals surface area contributed by atoms with E-state index in [2.05, 4.69) is 25.8 Å². The number of amides is 4.